The van der Waals surface area contributed by atoms with Gasteiger partial charge in [-0.2, -0.15) is 0 Å². The summed E-state index contributed by atoms with van der Waals surface area (Å²) in [5.41, 5.74) is 2.00. The highest BCUT2D eigenvalue weighted by Gasteiger charge is 2.14. The van der Waals surface area contributed by atoms with Gasteiger partial charge in [0.05, 0.1) is 10.6 Å². The van der Waals surface area contributed by atoms with Crippen molar-refractivity contribution in [3.8, 4) is 22.8 Å². The van der Waals surface area contributed by atoms with Crippen molar-refractivity contribution in [1.82, 2.24) is 15.0 Å². The summed E-state index contributed by atoms with van der Waals surface area (Å²) in [6, 6.07) is 23.8. The number of pyridine rings is 1. The maximum atomic E-state index is 13.1. The molecule has 0 unspecified atom stereocenters. The molecule has 0 fully saturated rings. The molecule has 4 aromatic rings. The molecule has 3 aromatic carbocycles. The predicted molar refractivity (Wildman–Crippen MR) is 138 cm³/mol. The Morgan fingerprint density at radius 1 is 0.919 bits per heavy atom. The van der Waals surface area contributed by atoms with Crippen LogP contribution in [0.3, 0.4) is 0 Å². The highest BCUT2D eigenvalue weighted by Crippen LogP contribution is 2.25. The van der Waals surface area contributed by atoms with Crippen LogP contribution in [0.2, 0.25) is 0 Å². The molecule has 37 heavy (non-hydrogen) atoms. The minimum absolute atomic E-state index is 0.0158. The maximum absolute atomic E-state index is 13.1. The number of nitrogens with zero attached hydrogens (tertiary/aromatic N) is 1. The highest BCUT2D eigenvalue weighted by atomic mass is 32.2. The predicted octanol–water partition coefficient (Wildman–Crippen LogP) is 4.39. The number of hydrogen-bond acceptors (Lipinski definition) is 6. The first-order chi connectivity index (χ1) is 17.8. The number of benzene rings is 3. The SMILES string of the molecule is N=Cc1cccc(S(=O)(=O)NCCNC(=O)c2cccc(-c3ccc(Oc4ccc(F)cc4)cc3)n2)c1. The Balaban J connectivity index is 1.33. The summed E-state index contributed by atoms with van der Waals surface area (Å²) in [5.74, 6) is 0.289. The minimum Gasteiger partial charge on any atom is -0.457 e. The van der Waals surface area contributed by atoms with Crippen molar-refractivity contribution >= 4 is 22.1 Å². The van der Waals surface area contributed by atoms with Crippen molar-refractivity contribution in [3.05, 3.63) is 108 Å². The Morgan fingerprint density at radius 3 is 2.30 bits per heavy atom. The lowest BCUT2D eigenvalue weighted by Crippen LogP contribution is -2.35. The number of amides is 1. The van der Waals surface area contributed by atoms with Gasteiger partial charge < -0.3 is 15.5 Å². The van der Waals surface area contributed by atoms with Crippen LogP contribution in [-0.2, 0) is 10.0 Å². The van der Waals surface area contributed by atoms with Crippen LogP contribution in [0.25, 0.3) is 11.3 Å². The van der Waals surface area contributed by atoms with Gasteiger partial charge in [-0.3, -0.25) is 4.79 Å². The third-order valence-corrected chi connectivity index (χ3v) is 6.68. The van der Waals surface area contributed by atoms with E-state index in [1.54, 1.807) is 54.6 Å². The second-order valence-corrected chi connectivity index (χ2v) is 9.63. The molecule has 1 amide bonds. The van der Waals surface area contributed by atoms with Crippen LogP contribution >= 0.6 is 0 Å². The average Bonchev–Trinajstić information content (AvgIpc) is 2.93. The summed E-state index contributed by atoms with van der Waals surface area (Å²) in [4.78, 5) is 17.0. The Morgan fingerprint density at radius 2 is 1.59 bits per heavy atom. The number of hydrogen-bond donors (Lipinski definition) is 3. The van der Waals surface area contributed by atoms with Crippen molar-refractivity contribution in [3.63, 3.8) is 0 Å². The maximum Gasteiger partial charge on any atom is 0.269 e. The fourth-order valence-corrected chi connectivity index (χ4v) is 4.45. The van der Waals surface area contributed by atoms with Crippen LogP contribution in [-0.4, -0.2) is 38.6 Å². The van der Waals surface area contributed by atoms with E-state index in [0.29, 0.717) is 22.8 Å². The topological polar surface area (TPSA) is 121 Å². The molecule has 10 heteroatoms. The normalized spacial score (nSPS) is 11.1. The quantitative estimate of drug-likeness (QED) is 0.212. The summed E-state index contributed by atoms with van der Waals surface area (Å²) in [6.45, 7) is 0.0434. The van der Waals surface area contributed by atoms with Crippen LogP contribution < -0.4 is 14.8 Å². The second-order valence-electron chi connectivity index (χ2n) is 7.86. The van der Waals surface area contributed by atoms with Gasteiger partial charge in [-0.05, 0) is 78.4 Å². The lowest BCUT2D eigenvalue weighted by molar-refractivity contribution is 0.0949. The third kappa shape index (κ3) is 6.84. The van der Waals surface area contributed by atoms with Crippen molar-refractivity contribution in [2.45, 2.75) is 4.90 Å². The van der Waals surface area contributed by atoms with Gasteiger partial charge >= 0.3 is 0 Å². The standard InChI is InChI=1S/C27H23FN4O4S/c28-21-9-13-23(14-10-21)36-22-11-7-20(8-12-22)25-5-2-6-26(32-25)27(33)30-15-16-31-37(34,35)24-4-1-3-19(17-24)18-29/h1-14,17-18,29,31H,15-16H2,(H,30,33). The van der Waals surface area contributed by atoms with Crippen molar-refractivity contribution in [2.24, 2.45) is 0 Å². The van der Waals surface area contributed by atoms with E-state index in [4.69, 9.17) is 10.1 Å². The number of nitrogens with one attached hydrogen (secondary N) is 3. The molecule has 0 aliphatic rings. The molecule has 0 atom stereocenters. The first-order valence-electron chi connectivity index (χ1n) is 11.2. The molecule has 188 valence electrons. The van der Waals surface area contributed by atoms with Gasteiger partial charge in [0.1, 0.15) is 23.0 Å². The largest absolute Gasteiger partial charge is 0.457 e. The molecule has 0 saturated heterocycles. The number of ether oxygens (including phenoxy) is 1. The lowest BCUT2D eigenvalue weighted by Gasteiger charge is -2.09. The summed E-state index contributed by atoms with van der Waals surface area (Å²) in [5, 5.41) is 9.91. The molecule has 1 heterocycles. The van der Waals surface area contributed by atoms with Gasteiger partial charge in [0, 0.05) is 24.9 Å². The van der Waals surface area contributed by atoms with Crippen molar-refractivity contribution in [2.75, 3.05) is 13.1 Å². The molecule has 0 radical (unpaired) electrons. The molecule has 0 spiro atoms. The first-order valence-corrected chi connectivity index (χ1v) is 12.7. The molecule has 1 aromatic heterocycles. The number of carbonyl (C=O) groups excluding carboxylic acids is 1. The molecular weight excluding hydrogens is 495 g/mol. The molecule has 0 saturated carbocycles. The molecule has 0 aliphatic carbocycles. The van der Waals surface area contributed by atoms with Gasteiger partial charge in [-0.1, -0.05) is 18.2 Å². The van der Waals surface area contributed by atoms with E-state index in [1.165, 1.54) is 36.4 Å². The average molecular weight is 519 g/mol. The van der Waals surface area contributed by atoms with Gasteiger partial charge in [-0.15, -0.1) is 0 Å². The highest BCUT2D eigenvalue weighted by molar-refractivity contribution is 7.89. The fraction of sp³-hybridized carbons (Fsp3) is 0.0741. The number of sulfonamides is 1. The van der Waals surface area contributed by atoms with Gasteiger partial charge in [0.15, 0.2) is 0 Å². The lowest BCUT2D eigenvalue weighted by atomic mass is 10.1. The van der Waals surface area contributed by atoms with Crippen LogP contribution in [0.5, 0.6) is 11.5 Å². The Hall–Kier alpha value is -4.41. The Bertz CT molecular complexity index is 1510. The number of aromatic nitrogens is 1. The number of carbonyl (C=O) groups is 1. The zero-order chi connectivity index (χ0) is 26.3. The molecule has 8 nitrogen and oxygen atoms in total. The third-order valence-electron chi connectivity index (χ3n) is 5.22. The van der Waals surface area contributed by atoms with Crippen LogP contribution in [0.4, 0.5) is 4.39 Å². The summed E-state index contributed by atoms with van der Waals surface area (Å²) < 4.78 is 46.0. The second kappa shape index (κ2) is 11.5. The van der Waals surface area contributed by atoms with Crippen LogP contribution in [0.1, 0.15) is 16.1 Å². The van der Waals surface area contributed by atoms with Crippen LogP contribution in [0.15, 0.2) is 95.9 Å². The van der Waals surface area contributed by atoms with E-state index in [1.807, 2.05) is 0 Å². The van der Waals surface area contributed by atoms with Crippen molar-refractivity contribution in [1.29, 1.82) is 5.41 Å². The molecular formula is C27H23FN4O4S. The molecule has 0 aliphatic heterocycles. The molecule has 0 bridgehead atoms. The zero-order valence-corrected chi connectivity index (χ0v) is 20.3. The van der Waals surface area contributed by atoms with Crippen molar-refractivity contribution < 1.29 is 22.3 Å². The summed E-state index contributed by atoms with van der Waals surface area (Å²) >= 11 is 0. The number of rotatable bonds is 10. The smallest absolute Gasteiger partial charge is 0.269 e. The minimum atomic E-state index is -3.77. The van der Waals surface area contributed by atoms with Gasteiger partial charge in [-0.25, -0.2) is 22.5 Å². The first kappa shape index (κ1) is 25.7. The van der Waals surface area contributed by atoms with Gasteiger partial charge in [0.2, 0.25) is 10.0 Å². The molecule has 4 rings (SSSR count). The fourth-order valence-electron chi connectivity index (χ4n) is 3.36. The van der Waals surface area contributed by atoms with E-state index < -0.39 is 15.9 Å². The van der Waals surface area contributed by atoms with E-state index >= 15 is 0 Å². The monoisotopic (exact) mass is 518 g/mol. The van der Waals surface area contributed by atoms with E-state index in [2.05, 4.69) is 15.0 Å². The van der Waals surface area contributed by atoms with Gasteiger partial charge in [0.25, 0.3) is 5.91 Å². The number of halogens is 1. The van der Waals surface area contributed by atoms with E-state index in [0.717, 1.165) is 11.8 Å². The summed E-state index contributed by atoms with van der Waals surface area (Å²) in [7, 11) is -3.77. The summed E-state index contributed by atoms with van der Waals surface area (Å²) in [6.07, 6.45) is 1.07. The Kier molecular flexibility index (Phi) is 8.02. The van der Waals surface area contributed by atoms with E-state index in [-0.39, 0.29) is 29.5 Å². The molecule has 3 N–H and O–H groups in total. The zero-order valence-electron chi connectivity index (χ0n) is 19.5. The van der Waals surface area contributed by atoms with Crippen LogP contribution in [0, 0.1) is 11.2 Å². The van der Waals surface area contributed by atoms with E-state index in [9.17, 15) is 17.6 Å². The Labute approximate surface area is 213 Å².